The Hall–Kier alpha value is -0.720. The minimum absolute atomic E-state index is 0.808. The van der Waals surface area contributed by atoms with Crippen molar-refractivity contribution in [3.63, 3.8) is 0 Å². The summed E-state index contributed by atoms with van der Waals surface area (Å²) in [5.41, 5.74) is 1.51. The van der Waals surface area contributed by atoms with E-state index in [1.54, 1.807) is 0 Å². The lowest BCUT2D eigenvalue weighted by atomic mass is 9.81. The molecule has 1 radical (unpaired) electrons. The fraction of sp³-hybridized carbons (Fsp3) is 0.706. The average Bonchev–Trinajstić information content (AvgIpc) is 2.49. The molecule has 0 bridgehead atoms. The second kappa shape index (κ2) is 5.95. The molecule has 2 fully saturated rings. The Morgan fingerprint density at radius 1 is 0.778 bits per heavy atom. The zero-order chi connectivity index (χ0) is 12.2. The maximum atomic E-state index is 3.78. The van der Waals surface area contributed by atoms with Crippen molar-refractivity contribution in [1.82, 2.24) is 5.32 Å². The van der Waals surface area contributed by atoms with E-state index in [-0.39, 0.29) is 0 Å². The van der Waals surface area contributed by atoms with Gasteiger partial charge in [-0.15, -0.1) is 0 Å². The Bertz CT molecular complexity index is 317. The molecule has 1 aliphatic heterocycles. The third-order valence-corrected chi connectivity index (χ3v) is 4.93. The van der Waals surface area contributed by atoms with E-state index in [0.717, 1.165) is 11.8 Å². The fourth-order valence-corrected chi connectivity index (χ4v) is 3.81. The molecule has 1 heterocycles. The van der Waals surface area contributed by atoms with E-state index >= 15 is 0 Å². The lowest BCUT2D eigenvalue weighted by Crippen LogP contribution is -2.32. The molecule has 0 aromatic rings. The predicted molar refractivity (Wildman–Crippen MR) is 76.8 cm³/mol. The van der Waals surface area contributed by atoms with Gasteiger partial charge in [-0.1, -0.05) is 50.7 Å². The highest BCUT2D eigenvalue weighted by Gasteiger charge is 2.27. The summed E-state index contributed by atoms with van der Waals surface area (Å²) >= 11 is 0. The van der Waals surface area contributed by atoms with Crippen LogP contribution in [0, 0.1) is 17.9 Å². The molecule has 0 aromatic carbocycles. The SMILES string of the molecule is C1=C[C](C2CCCCC2)NC(C2CCCCC2)=C1. The Labute approximate surface area is 112 Å². The van der Waals surface area contributed by atoms with Gasteiger partial charge in [-0.3, -0.25) is 0 Å². The number of nitrogens with one attached hydrogen (secondary N) is 1. The van der Waals surface area contributed by atoms with Crippen LogP contribution >= 0.6 is 0 Å². The first kappa shape index (κ1) is 12.3. The molecular weight excluding hydrogens is 218 g/mol. The Balaban J connectivity index is 1.60. The van der Waals surface area contributed by atoms with Crippen molar-refractivity contribution in [3.8, 4) is 0 Å². The van der Waals surface area contributed by atoms with E-state index in [4.69, 9.17) is 0 Å². The van der Waals surface area contributed by atoms with Gasteiger partial charge in [-0.05, 0) is 43.6 Å². The first-order chi connectivity index (χ1) is 8.93. The molecule has 0 unspecified atom stereocenters. The van der Waals surface area contributed by atoms with Gasteiger partial charge in [0, 0.05) is 5.70 Å². The molecule has 1 N–H and O–H groups in total. The van der Waals surface area contributed by atoms with E-state index in [0.29, 0.717) is 0 Å². The summed E-state index contributed by atoms with van der Waals surface area (Å²) in [6.45, 7) is 0. The van der Waals surface area contributed by atoms with Crippen LogP contribution in [-0.2, 0) is 0 Å². The van der Waals surface area contributed by atoms with Gasteiger partial charge in [0.25, 0.3) is 0 Å². The highest BCUT2D eigenvalue weighted by molar-refractivity contribution is 5.30. The number of hydrogen-bond donors (Lipinski definition) is 1. The summed E-state index contributed by atoms with van der Waals surface area (Å²) in [7, 11) is 0. The van der Waals surface area contributed by atoms with Crippen molar-refractivity contribution in [2.75, 3.05) is 0 Å². The van der Waals surface area contributed by atoms with E-state index in [2.05, 4.69) is 23.5 Å². The Morgan fingerprint density at radius 2 is 1.39 bits per heavy atom. The minimum Gasteiger partial charge on any atom is -0.376 e. The van der Waals surface area contributed by atoms with E-state index in [1.165, 1.54) is 75.9 Å². The van der Waals surface area contributed by atoms with Gasteiger partial charge in [0.15, 0.2) is 0 Å². The number of rotatable bonds is 2. The lowest BCUT2D eigenvalue weighted by Gasteiger charge is -2.34. The van der Waals surface area contributed by atoms with Crippen LogP contribution in [0.25, 0.3) is 0 Å². The average molecular weight is 244 g/mol. The van der Waals surface area contributed by atoms with Gasteiger partial charge in [-0.25, -0.2) is 0 Å². The van der Waals surface area contributed by atoms with Crippen molar-refractivity contribution < 1.29 is 0 Å². The molecule has 0 saturated heterocycles. The summed E-state index contributed by atoms with van der Waals surface area (Å²) in [5.74, 6) is 1.62. The van der Waals surface area contributed by atoms with Gasteiger partial charge < -0.3 is 5.32 Å². The summed E-state index contributed by atoms with van der Waals surface area (Å²) < 4.78 is 0. The quantitative estimate of drug-likeness (QED) is 0.741. The molecule has 2 saturated carbocycles. The highest BCUT2D eigenvalue weighted by Crippen LogP contribution is 2.35. The van der Waals surface area contributed by atoms with Crippen LogP contribution in [0.3, 0.4) is 0 Å². The van der Waals surface area contributed by atoms with E-state index < -0.39 is 0 Å². The van der Waals surface area contributed by atoms with E-state index in [9.17, 15) is 0 Å². The number of dihydropyridines is 1. The molecule has 3 rings (SSSR count). The molecule has 1 nitrogen and oxygen atoms in total. The smallest absolute Gasteiger partial charge is 0.0854 e. The summed E-state index contributed by atoms with van der Waals surface area (Å²) in [4.78, 5) is 0. The summed E-state index contributed by atoms with van der Waals surface area (Å²) in [6, 6.07) is 1.51. The standard InChI is InChI=1S/C17H26N/c1-3-8-14(9-4-1)16-12-7-13-17(18-16)15-10-5-2-6-11-15/h7,12-15,18H,1-6,8-11H2. The van der Waals surface area contributed by atoms with Gasteiger partial charge in [0.05, 0.1) is 6.04 Å². The monoisotopic (exact) mass is 244 g/mol. The zero-order valence-corrected chi connectivity index (χ0v) is 11.5. The lowest BCUT2D eigenvalue weighted by molar-refractivity contribution is 0.343. The largest absolute Gasteiger partial charge is 0.376 e. The molecule has 0 aromatic heterocycles. The van der Waals surface area contributed by atoms with Gasteiger partial charge >= 0.3 is 0 Å². The first-order valence-electron chi connectivity index (χ1n) is 7.95. The van der Waals surface area contributed by atoms with Gasteiger partial charge in [0.2, 0.25) is 0 Å². The molecule has 0 spiro atoms. The molecule has 18 heavy (non-hydrogen) atoms. The van der Waals surface area contributed by atoms with Crippen molar-refractivity contribution >= 4 is 0 Å². The molecule has 99 valence electrons. The van der Waals surface area contributed by atoms with Crippen molar-refractivity contribution in [2.24, 2.45) is 11.8 Å². The summed E-state index contributed by atoms with van der Waals surface area (Å²) in [6.07, 6.45) is 21.1. The highest BCUT2D eigenvalue weighted by atomic mass is 14.9. The predicted octanol–water partition coefficient (Wildman–Crippen LogP) is 4.72. The Kier molecular flexibility index (Phi) is 4.07. The second-order valence-corrected chi connectivity index (χ2v) is 6.23. The van der Waals surface area contributed by atoms with Crippen LogP contribution in [0.15, 0.2) is 23.9 Å². The van der Waals surface area contributed by atoms with Crippen LogP contribution in [0.1, 0.15) is 64.2 Å². The molecule has 3 aliphatic rings. The van der Waals surface area contributed by atoms with E-state index in [1.807, 2.05) is 0 Å². The van der Waals surface area contributed by atoms with Gasteiger partial charge in [0.1, 0.15) is 0 Å². The molecule has 2 aliphatic carbocycles. The first-order valence-corrected chi connectivity index (χ1v) is 7.95. The Morgan fingerprint density at radius 3 is 2.06 bits per heavy atom. The number of allylic oxidation sites excluding steroid dienone is 3. The third-order valence-electron chi connectivity index (χ3n) is 4.93. The van der Waals surface area contributed by atoms with Crippen LogP contribution in [0.2, 0.25) is 0 Å². The van der Waals surface area contributed by atoms with Crippen LogP contribution in [-0.4, -0.2) is 0 Å². The molecular formula is C17H26N. The maximum absolute atomic E-state index is 3.78. The third kappa shape index (κ3) is 2.81. The normalized spacial score (nSPS) is 27.9. The maximum Gasteiger partial charge on any atom is 0.0854 e. The minimum atomic E-state index is 0.808. The molecule has 1 heteroatoms. The number of hydrogen-bond acceptors (Lipinski definition) is 1. The topological polar surface area (TPSA) is 12.0 Å². The van der Waals surface area contributed by atoms with Crippen molar-refractivity contribution in [3.05, 3.63) is 30.0 Å². The van der Waals surface area contributed by atoms with Crippen LogP contribution < -0.4 is 5.32 Å². The summed E-state index contributed by atoms with van der Waals surface area (Å²) in [5, 5.41) is 3.78. The molecule has 0 atom stereocenters. The fourth-order valence-electron chi connectivity index (χ4n) is 3.81. The van der Waals surface area contributed by atoms with Gasteiger partial charge in [-0.2, -0.15) is 0 Å². The van der Waals surface area contributed by atoms with Crippen molar-refractivity contribution in [2.45, 2.75) is 64.2 Å². The van der Waals surface area contributed by atoms with Crippen LogP contribution in [0.5, 0.6) is 0 Å². The second-order valence-electron chi connectivity index (χ2n) is 6.23. The zero-order valence-electron chi connectivity index (χ0n) is 11.5. The van der Waals surface area contributed by atoms with Crippen LogP contribution in [0.4, 0.5) is 0 Å². The molecule has 0 amide bonds. The van der Waals surface area contributed by atoms with Crippen molar-refractivity contribution in [1.29, 1.82) is 0 Å².